The van der Waals surface area contributed by atoms with Gasteiger partial charge in [0.2, 0.25) is 0 Å². The van der Waals surface area contributed by atoms with Gasteiger partial charge in [-0.1, -0.05) is 248 Å². The Morgan fingerprint density at radius 3 is 1.08 bits per heavy atom. The monoisotopic (exact) mass is 1220 g/mol. The summed E-state index contributed by atoms with van der Waals surface area (Å²) in [7, 11) is 0. The first-order valence-corrected chi connectivity index (χ1v) is 27.7. The Morgan fingerprint density at radius 1 is 0.326 bits per heavy atom. The maximum Gasteiger partial charge on any atom is 0.373 e. The van der Waals surface area contributed by atoms with Gasteiger partial charge in [-0.25, -0.2) is 0 Å². The van der Waals surface area contributed by atoms with Crippen molar-refractivity contribution >= 4 is 47.8 Å². The predicted molar refractivity (Wildman–Crippen MR) is 335 cm³/mol. The normalized spacial score (nSPS) is 9.24. The van der Waals surface area contributed by atoms with E-state index in [9.17, 15) is 0 Å². The molecule has 0 atom stereocenters. The summed E-state index contributed by atoms with van der Waals surface area (Å²) in [5.74, 6) is 2.72. The number of halogens is 2. The number of carbonyl (C=O) groups excluding carboxylic acids is 8. The first kappa shape index (κ1) is 70.1. The topological polar surface area (TPSA) is 210 Å². The summed E-state index contributed by atoms with van der Waals surface area (Å²) in [6.45, 7) is 1.63. The highest BCUT2D eigenvalue weighted by molar-refractivity contribution is 6.32. The van der Waals surface area contributed by atoms with Crippen molar-refractivity contribution in [2.45, 2.75) is 32.7 Å². The number of para-hydroxylation sites is 4. The van der Waals surface area contributed by atoms with Crippen LogP contribution in [0.1, 0.15) is 38.9 Å². The largest absolute Gasteiger partial charge is 0.506 e. The molecule has 0 radical (unpaired) electrons. The van der Waals surface area contributed by atoms with E-state index in [0.29, 0.717) is 29.9 Å². The number of aromatic nitrogens is 2. The van der Waals surface area contributed by atoms with Crippen molar-refractivity contribution in [3.63, 3.8) is 0 Å². The second-order valence-corrected chi connectivity index (χ2v) is 18.7. The number of benzene rings is 9. The third kappa shape index (κ3) is 27.0. The number of hydrogen-bond donors (Lipinski definition) is 1. The molecule has 16 heteroatoms. The lowest BCUT2D eigenvalue weighted by molar-refractivity contribution is -0.193. The van der Waals surface area contributed by atoms with Gasteiger partial charge in [-0.15, -0.1) is 0 Å². The van der Waals surface area contributed by atoms with Gasteiger partial charge in [-0.3, -0.25) is 9.97 Å². The Labute approximate surface area is 525 Å². The highest BCUT2D eigenvalue weighted by Gasteiger charge is 2.14. The van der Waals surface area contributed by atoms with Crippen LogP contribution >= 0.6 is 23.2 Å². The lowest BCUT2D eigenvalue weighted by Crippen LogP contribution is -2.01. The zero-order chi connectivity index (χ0) is 63.9. The lowest BCUT2D eigenvalue weighted by atomic mass is 9.98. The molecule has 11 aromatic rings. The van der Waals surface area contributed by atoms with Crippen molar-refractivity contribution in [1.29, 1.82) is 0 Å². The van der Waals surface area contributed by atoms with Crippen LogP contribution in [0.25, 0.3) is 22.3 Å². The number of pyridine rings is 2. The summed E-state index contributed by atoms with van der Waals surface area (Å²) in [6.07, 6.45) is 9.95. The fourth-order valence-corrected chi connectivity index (χ4v) is 8.51. The summed E-state index contributed by atoms with van der Waals surface area (Å²) >= 11 is 11.8. The molecule has 0 amide bonds. The van der Waals surface area contributed by atoms with E-state index in [0.717, 1.165) is 74.6 Å². The lowest BCUT2D eigenvalue weighted by Gasteiger charge is -2.16. The molecule has 446 valence electrons. The summed E-state index contributed by atoms with van der Waals surface area (Å²) in [6, 6.07) is 86.4. The summed E-state index contributed by atoms with van der Waals surface area (Å²) < 4.78 is 18.3. The first-order valence-electron chi connectivity index (χ1n) is 26.9. The molecule has 1 N–H and O–H groups in total. The van der Waals surface area contributed by atoms with Crippen molar-refractivity contribution in [2.75, 3.05) is 0 Å². The standard InChI is InChI=1S/C25H21NO.C20H17ClO.C18H15NO.C6H5ClO.4CO2/c1-3-9-20(10-4-1)17-22-13-7-15-24(23-14-8-16-26-18-23)25(22)27-19-21-11-5-2-6-12-21;21-19-13-7-12-18(14-16-8-3-1-4-9-16)20(19)22-15-17-10-5-2-6-11-17;1-2-7-15(8-3-1)14-20-18-11-5-4-10-17(18)16-9-6-12-19-13-16;7-5-3-1-2-4-6(5)8;4*2-1-3/h1-16,18H,17,19H2;1-13H,14-15H2;1-13H,14H2;1-4,8H;;;;. The van der Waals surface area contributed by atoms with E-state index in [2.05, 4.69) is 107 Å². The number of aromatic hydroxyl groups is 1. The zero-order valence-electron chi connectivity index (χ0n) is 47.8. The van der Waals surface area contributed by atoms with E-state index in [1.165, 1.54) is 16.7 Å². The third-order valence-corrected chi connectivity index (χ3v) is 12.6. The maximum absolute atomic E-state index is 8.79. The molecule has 0 aliphatic rings. The van der Waals surface area contributed by atoms with Gasteiger partial charge in [0.05, 0.1) is 10.0 Å². The molecule has 2 heterocycles. The predicted octanol–water partition coefficient (Wildman–Crippen LogP) is 15.5. The van der Waals surface area contributed by atoms with Crippen molar-refractivity contribution < 1.29 is 57.7 Å². The van der Waals surface area contributed by atoms with Crippen LogP contribution in [0.5, 0.6) is 23.0 Å². The average Bonchev–Trinajstić information content (AvgIpc) is 2.72. The average molecular weight is 1230 g/mol. The number of hydrogen-bond acceptors (Lipinski definition) is 14. The molecular formula is C73H58Cl2N2O12. The van der Waals surface area contributed by atoms with Crippen molar-refractivity contribution in [2.24, 2.45) is 0 Å². The van der Waals surface area contributed by atoms with E-state index >= 15 is 0 Å². The summed E-state index contributed by atoms with van der Waals surface area (Å²) in [5.41, 5.74) is 12.5. The van der Waals surface area contributed by atoms with Gasteiger partial charge in [-0.05, 0) is 69.8 Å². The van der Waals surface area contributed by atoms with Gasteiger partial charge in [-0.2, -0.15) is 38.4 Å². The number of nitrogens with zero attached hydrogens (tertiary/aromatic N) is 2. The van der Waals surface area contributed by atoms with Crippen LogP contribution in [0.3, 0.4) is 0 Å². The van der Waals surface area contributed by atoms with Gasteiger partial charge < -0.3 is 19.3 Å². The summed E-state index contributed by atoms with van der Waals surface area (Å²) in [4.78, 5) is 73.4. The summed E-state index contributed by atoms with van der Waals surface area (Å²) in [5, 5.41) is 9.84. The maximum atomic E-state index is 8.79. The van der Waals surface area contributed by atoms with Crippen LogP contribution in [-0.2, 0) is 71.0 Å². The molecule has 0 fully saturated rings. The van der Waals surface area contributed by atoms with Gasteiger partial charge in [0, 0.05) is 65.4 Å². The molecule has 0 saturated carbocycles. The molecule has 2 aromatic heterocycles. The van der Waals surface area contributed by atoms with Crippen molar-refractivity contribution in [1.82, 2.24) is 9.97 Å². The zero-order valence-corrected chi connectivity index (χ0v) is 49.3. The van der Waals surface area contributed by atoms with Crippen LogP contribution in [0.15, 0.2) is 286 Å². The fraction of sp³-hybridized carbons (Fsp3) is 0.0685. The quantitative estimate of drug-likeness (QED) is 0.101. The Morgan fingerprint density at radius 2 is 0.663 bits per heavy atom. The Kier molecular flexibility index (Phi) is 34.0. The van der Waals surface area contributed by atoms with Crippen LogP contribution in [0.4, 0.5) is 0 Å². The van der Waals surface area contributed by atoms with E-state index in [-0.39, 0.29) is 30.4 Å². The van der Waals surface area contributed by atoms with Crippen LogP contribution in [0.2, 0.25) is 10.0 Å². The van der Waals surface area contributed by atoms with E-state index in [1.807, 2.05) is 152 Å². The molecule has 0 aliphatic carbocycles. The second-order valence-electron chi connectivity index (χ2n) is 17.9. The van der Waals surface area contributed by atoms with E-state index < -0.39 is 0 Å². The fourth-order valence-electron chi connectivity index (χ4n) is 8.13. The number of phenolic OH excluding ortho intramolecular Hbond substituents is 1. The molecule has 0 unspecified atom stereocenters. The molecular weight excluding hydrogens is 1170 g/mol. The SMILES string of the molecule is Clc1cccc(Cc2ccccc2)c1OCc1ccccc1.O=C=O.O=C=O.O=C=O.O=C=O.Oc1ccccc1Cl.c1ccc(COc2c(Cc3ccccc3)cccc2-c2cccnc2)cc1.c1ccc(COc2ccccc2-c2cccnc2)cc1. The van der Waals surface area contributed by atoms with Gasteiger partial charge >= 0.3 is 24.6 Å². The molecule has 89 heavy (non-hydrogen) atoms. The van der Waals surface area contributed by atoms with Crippen molar-refractivity contribution in [3.8, 4) is 45.3 Å². The van der Waals surface area contributed by atoms with Gasteiger partial charge in [0.1, 0.15) is 42.8 Å². The molecule has 9 aromatic carbocycles. The van der Waals surface area contributed by atoms with Gasteiger partial charge in [0.15, 0.2) is 0 Å². The molecule has 0 bridgehead atoms. The first-order chi connectivity index (χ1) is 43.6. The van der Waals surface area contributed by atoms with E-state index in [4.69, 9.17) is 80.9 Å². The van der Waals surface area contributed by atoms with Crippen LogP contribution in [0, 0.1) is 0 Å². The minimum Gasteiger partial charge on any atom is -0.506 e. The Balaban J connectivity index is 0.000000249. The highest BCUT2D eigenvalue weighted by atomic mass is 35.5. The Bertz CT molecular complexity index is 3800. The van der Waals surface area contributed by atoms with E-state index in [1.54, 1.807) is 36.7 Å². The van der Waals surface area contributed by atoms with Crippen molar-refractivity contribution in [3.05, 3.63) is 335 Å². The third-order valence-electron chi connectivity index (χ3n) is 12.0. The van der Waals surface area contributed by atoms with Crippen LogP contribution in [-0.4, -0.2) is 39.7 Å². The second kappa shape index (κ2) is 43.2. The molecule has 11 rings (SSSR count). The molecule has 0 saturated heterocycles. The van der Waals surface area contributed by atoms with Gasteiger partial charge in [0.25, 0.3) is 0 Å². The minimum absolute atomic E-state index is 0.133. The molecule has 14 nitrogen and oxygen atoms in total. The highest BCUT2D eigenvalue weighted by Crippen LogP contribution is 2.36. The molecule has 0 aliphatic heterocycles. The Hall–Kier alpha value is -11.4. The number of phenols is 1. The number of ether oxygens (including phenoxy) is 3. The van der Waals surface area contributed by atoms with Crippen LogP contribution < -0.4 is 14.2 Å². The minimum atomic E-state index is 0.133. The molecule has 0 spiro atoms. The smallest absolute Gasteiger partial charge is 0.373 e. The number of rotatable bonds is 15.